The summed E-state index contributed by atoms with van der Waals surface area (Å²) in [7, 11) is 0. The highest BCUT2D eigenvalue weighted by molar-refractivity contribution is 6.00. The van der Waals surface area contributed by atoms with Crippen molar-refractivity contribution in [2.75, 3.05) is 0 Å². The number of fused-ring (bicyclic) bond motifs is 3. The van der Waals surface area contributed by atoms with Crippen molar-refractivity contribution in [1.29, 1.82) is 0 Å². The van der Waals surface area contributed by atoms with E-state index in [-0.39, 0.29) is 17.1 Å². The molecule has 0 aliphatic carbocycles. The topological polar surface area (TPSA) is 98.5 Å². The Bertz CT molecular complexity index is 1140. The smallest absolute Gasteiger partial charge is 0.269 e. The van der Waals surface area contributed by atoms with Crippen LogP contribution >= 0.6 is 0 Å². The number of carbonyl (C=O) groups is 2. The van der Waals surface area contributed by atoms with E-state index in [4.69, 9.17) is 4.74 Å². The van der Waals surface area contributed by atoms with E-state index in [0.717, 1.165) is 16.3 Å². The van der Waals surface area contributed by atoms with Gasteiger partial charge in [0.1, 0.15) is 11.3 Å². The van der Waals surface area contributed by atoms with Crippen LogP contribution in [0.3, 0.4) is 0 Å². The Morgan fingerprint density at radius 1 is 1.04 bits per heavy atom. The van der Waals surface area contributed by atoms with Crippen LogP contribution in [0.4, 0.5) is 5.69 Å². The molecule has 0 saturated heterocycles. The molecule has 7 heteroatoms. The summed E-state index contributed by atoms with van der Waals surface area (Å²) < 4.78 is 5.79. The third-order valence-corrected chi connectivity index (χ3v) is 4.64. The van der Waals surface area contributed by atoms with Crippen molar-refractivity contribution in [3.8, 4) is 5.75 Å². The van der Waals surface area contributed by atoms with Crippen LogP contribution in [0.1, 0.15) is 17.2 Å². The van der Waals surface area contributed by atoms with Gasteiger partial charge in [0, 0.05) is 17.7 Å². The summed E-state index contributed by atoms with van der Waals surface area (Å²) in [4.78, 5) is 33.2. The summed E-state index contributed by atoms with van der Waals surface area (Å²) in [6.45, 7) is 0. The van der Waals surface area contributed by atoms with Gasteiger partial charge in [-0.15, -0.1) is 0 Å². The number of hydrogen-bond acceptors (Lipinski definition) is 6. The monoisotopic (exact) mass is 374 g/mol. The lowest BCUT2D eigenvalue weighted by Gasteiger charge is -2.31. The Hall–Kier alpha value is -4.00. The number of benzene rings is 3. The Morgan fingerprint density at radius 3 is 2.57 bits per heavy atom. The van der Waals surface area contributed by atoms with E-state index in [1.165, 1.54) is 12.1 Å². The minimum Gasteiger partial charge on any atom is -0.440 e. The summed E-state index contributed by atoms with van der Waals surface area (Å²) in [6, 6.07) is 17.0. The Morgan fingerprint density at radius 2 is 1.82 bits per heavy atom. The van der Waals surface area contributed by atoms with Gasteiger partial charge in [0.05, 0.1) is 11.0 Å². The maximum Gasteiger partial charge on any atom is 0.269 e. The van der Waals surface area contributed by atoms with Crippen LogP contribution < -0.4 is 10.1 Å². The maximum absolute atomic E-state index is 11.2. The molecule has 7 nitrogen and oxygen atoms in total. The fourth-order valence-electron chi connectivity index (χ4n) is 3.35. The number of non-ortho nitro benzene ring substituents is 1. The first-order valence-electron chi connectivity index (χ1n) is 8.47. The normalized spacial score (nSPS) is 15.1. The van der Waals surface area contributed by atoms with Crippen molar-refractivity contribution in [3.63, 3.8) is 0 Å². The van der Waals surface area contributed by atoms with Crippen LogP contribution in [0, 0.1) is 10.1 Å². The van der Waals surface area contributed by atoms with Gasteiger partial charge in [-0.25, -0.2) is 0 Å². The Labute approximate surface area is 159 Å². The molecule has 1 aliphatic heterocycles. The van der Waals surface area contributed by atoms with E-state index in [1.807, 2.05) is 30.3 Å². The molecular formula is C21H14N2O5. The molecule has 1 atom stereocenters. The Balaban J connectivity index is 1.98. The predicted octanol–water partition coefficient (Wildman–Crippen LogP) is 3.43. The first kappa shape index (κ1) is 17.4. The molecule has 0 bridgehead atoms. The predicted molar refractivity (Wildman–Crippen MR) is 102 cm³/mol. The second-order valence-corrected chi connectivity index (χ2v) is 6.25. The average Bonchev–Trinajstić information content (AvgIpc) is 2.74. The molecule has 1 N–H and O–H groups in total. The molecule has 0 radical (unpaired) electrons. The zero-order valence-electron chi connectivity index (χ0n) is 14.5. The van der Waals surface area contributed by atoms with Crippen LogP contribution in [-0.2, 0) is 9.59 Å². The molecular weight excluding hydrogens is 360 g/mol. The van der Waals surface area contributed by atoms with Crippen LogP contribution in [0.15, 0.2) is 72.1 Å². The van der Waals surface area contributed by atoms with Gasteiger partial charge >= 0.3 is 0 Å². The molecule has 1 heterocycles. The van der Waals surface area contributed by atoms with Crippen molar-refractivity contribution in [2.45, 2.75) is 6.04 Å². The zero-order valence-corrected chi connectivity index (χ0v) is 14.5. The number of aldehydes is 2. The van der Waals surface area contributed by atoms with Gasteiger partial charge in [-0.1, -0.05) is 42.5 Å². The van der Waals surface area contributed by atoms with Crippen molar-refractivity contribution in [2.24, 2.45) is 0 Å². The minimum atomic E-state index is -0.542. The second-order valence-electron chi connectivity index (χ2n) is 6.25. The van der Waals surface area contributed by atoms with Crippen LogP contribution in [0.25, 0.3) is 10.8 Å². The first-order chi connectivity index (χ1) is 13.6. The molecule has 0 fully saturated rings. The van der Waals surface area contributed by atoms with E-state index in [9.17, 15) is 19.7 Å². The fourth-order valence-corrected chi connectivity index (χ4v) is 3.35. The van der Waals surface area contributed by atoms with Gasteiger partial charge in [0.25, 0.3) is 5.69 Å². The highest BCUT2D eigenvalue weighted by Crippen LogP contribution is 2.41. The number of nitro benzene ring substituents is 1. The summed E-state index contributed by atoms with van der Waals surface area (Å²) in [5.41, 5.74) is 1.17. The highest BCUT2D eigenvalue weighted by atomic mass is 16.6. The van der Waals surface area contributed by atoms with E-state index in [2.05, 4.69) is 5.32 Å². The third-order valence-electron chi connectivity index (χ3n) is 4.64. The number of nitrogens with one attached hydrogen (secondary N) is 1. The van der Waals surface area contributed by atoms with E-state index in [0.29, 0.717) is 23.9 Å². The van der Waals surface area contributed by atoms with Gasteiger partial charge < -0.3 is 10.1 Å². The van der Waals surface area contributed by atoms with E-state index < -0.39 is 11.0 Å². The Kier molecular flexibility index (Phi) is 4.33. The molecule has 3 aromatic carbocycles. The number of nitro groups is 1. The van der Waals surface area contributed by atoms with Crippen LogP contribution in [0.2, 0.25) is 0 Å². The molecule has 28 heavy (non-hydrogen) atoms. The van der Waals surface area contributed by atoms with Crippen molar-refractivity contribution in [3.05, 3.63) is 93.4 Å². The minimum absolute atomic E-state index is 0.0179. The zero-order chi connectivity index (χ0) is 19.7. The number of hydrogen-bond donors (Lipinski definition) is 1. The van der Waals surface area contributed by atoms with Gasteiger partial charge in [-0.3, -0.25) is 19.7 Å². The molecule has 138 valence electrons. The van der Waals surface area contributed by atoms with Gasteiger partial charge in [-0.2, -0.15) is 0 Å². The lowest BCUT2D eigenvalue weighted by Crippen LogP contribution is -2.32. The molecule has 0 amide bonds. The van der Waals surface area contributed by atoms with Crippen LogP contribution in [-0.4, -0.2) is 17.5 Å². The van der Waals surface area contributed by atoms with E-state index >= 15 is 0 Å². The molecule has 1 unspecified atom stereocenters. The number of nitrogens with zero attached hydrogens (tertiary/aromatic N) is 1. The number of carbonyl (C=O) groups excluding carboxylic acids is 2. The summed E-state index contributed by atoms with van der Waals surface area (Å²) in [5.74, 6) is 0.495. The standard InChI is InChI=1S/C21H14N2O5/c24-11-15(12-25)21-22-20(14-5-3-6-16(10-14)23(26)27)19-17-7-2-1-4-13(17)8-9-18(19)28-21/h1-12,20,22H. The van der Waals surface area contributed by atoms with Crippen molar-refractivity contribution >= 4 is 29.0 Å². The lowest BCUT2D eigenvalue weighted by atomic mass is 9.91. The molecule has 1 aliphatic rings. The van der Waals surface area contributed by atoms with E-state index in [1.54, 1.807) is 18.2 Å². The number of rotatable bonds is 4. The SMILES string of the molecule is O=CC(C=O)=C1NC(c2cccc([N+](=O)[O-])c2)c2c(ccc3ccccc23)O1. The van der Waals surface area contributed by atoms with Gasteiger partial charge in [0.15, 0.2) is 12.6 Å². The number of ether oxygens (including phenoxy) is 1. The summed E-state index contributed by atoms with van der Waals surface area (Å²) >= 11 is 0. The molecule has 0 spiro atoms. The molecule has 0 saturated carbocycles. The quantitative estimate of drug-likeness (QED) is 0.188. The molecule has 4 rings (SSSR count). The third kappa shape index (κ3) is 2.88. The highest BCUT2D eigenvalue weighted by Gasteiger charge is 2.30. The van der Waals surface area contributed by atoms with Crippen molar-refractivity contribution < 1.29 is 19.2 Å². The van der Waals surface area contributed by atoms with Gasteiger partial charge in [0.2, 0.25) is 5.88 Å². The lowest BCUT2D eigenvalue weighted by molar-refractivity contribution is -0.384. The number of allylic oxidation sites excluding steroid dienone is 1. The summed E-state index contributed by atoms with van der Waals surface area (Å²) in [5, 5.41) is 16.2. The second kappa shape index (κ2) is 6.96. The maximum atomic E-state index is 11.2. The first-order valence-corrected chi connectivity index (χ1v) is 8.47. The summed E-state index contributed by atoms with van der Waals surface area (Å²) in [6.07, 6.45) is 0.817. The van der Waals surface area contributed by atoms with Crippen molar-refractivity contribution in [1.82, 2.24) is 5.32 Å². The fraction of sp³-hybridized carbons (Fsp3) is 0.0476. The average molecular weight is 374 g/mol. The molecule has 3 aromatic rings. The largest absolute Gasteiger partial charge is 0.440 e. The van der Waals surface area contributed by atoms with Gasteiger partial charge in [-0.05, 0) is 22.4 Å². The molecule has 0 aromatic heterocycles. The van der Waals surface area contributed by atoms with Crippen LogP contribution in [0.5, 0.6) is 5.75 Å².